The van der Waals surface area contributed by atoms with Crippen molar-refractivity contribution in [3.05, 3.63) is 47.7 Å². The molecule has 0 aliphatic heterocycles. The van der Waals surface area contributed by atoms with Crippen LogP contribution in [0.2, 0.25) is 0 Å². The number of hydrogen-bond acceptors (Lipinski definition) is 3. The van der Waals surface area contributed by atoms with Crippen molar-refractivity contribution in [3.8, 4) is 11.3 Å². The molecule has 0 radical (unpaired) electrons. The van der Waals surface area contributed by atoms with Gasteiger partial charge in [0.15, 0.2) is 6.29 Å². The van der Waals surface area contributed by atoms with E-state index in [0.717, 1.165) is 29.1 Å². The van der Waals surface area contributed by atoms with Crippen LogP contribution in [0.5, 0.6) is 0 Å². The molecule has 1 aromatic carbocycles. The van der Waals surface area contributed by atoms with E-state index in [4.69, 9.17) is 4.42 Å². The van der Waals surface area contributed by atoms with Crippen LogP contribution in [0.15, 0.2) is 40.8 Å². The number of carbonyl (C=O) groups excluding carboxylic acids is 1. The van der Waals surface area contributed by atoms with Crippen molar-refractivity contribution in [2.24, 2.45) is 0 Å². The van der Waals surface area contributed by atoms with Crippen LogP contribution in [-0.2, 0) is 5.75 Å². The second kappa shape index (κ2) is 5.03. The zero-order valence-corrected chi connectivity index (χ0v) is 9.79. The minimum Gasteiger partial charge on any atom is -0.459 e. The van der Waals surface area contributed by atoms with Gasteiger partial charge in [0.05, 0.1) is 11.3 Å². The summed E-state index contributed by atoms with van der Waals surface area (Å²) in [5.41, 5.74) is 1.64. The Hall–Kier alpha value is -1.48. The molecule has 0 atom stereocenters. The fourth-order valence-corrected chi connectivity index (χ4v) is 2.02. The number of furan rings is 1. The summed E-state index contributed by atoms with van der Waals surface area (Å²) < 4.78 is 5.68. The Bertz CT molecular complexity index is 474. The van der Waals surface area contributed by atoms with Gasteiger partial charge in [-0.2, -0.15) is 11.8 Å². The highest BCUT2D eigenvalue weighted by Gasteiger charge is 2.10. The van der Waals surface area contributed by atoms with Crippen molar-refractivity contribution in [3.63, 3.8) is 0 Å². The molecule has 0 aliphatic rings. The Morgan fingerprint density at radius 1 is 1.31 bits per heavy atom. The van der Waals surface area contributed by atoms with Gasteiger partial charge in [-0.25, -0.2) is 0 Å². The molecule has 0 spiro atoms. The zero-order chi connectivity index (χ0) is 11.4. The molecule has 0 saturated heterocycles. The lowest BCUT2D eigenvalue weighted by Crippen LogP contribution is -1.82. The maximum Gasteiger partial charge on any atom is 0.153 e. The van der Waals surface area contributed by atoms with Gasteiger partial charge in [0.2, 0.25) is 0 Å². The van der Waals surface area contributed by atoms with Crippen LogP contribution in [0.1, 0.15) is 16.1 Å². The summed E-state index contributed by atoms with van der Waals surface area (Å²) >= 11 is 1.64. The molecule has 0 saturated carbocycles. The smallest absolute Gasteiger partial charge is 0.153 e. The molecule has 3 heteroatoms. The molecule has 0 amide bonds. The summed E-state index contributed by atoms with van der Waals surface area (Å²) in [4.78, 5) is 10.9. The fraction of sp³-hybridized carbons (Fsp3) is 0.154. The fourth-order valence-electron chi connectivity index (χ4n) is 1.53. The largest absolute Gasteiger partial charge is 0.459 e. The molecule has 0 aliphatic carbocycles. The third-order valence-corrected chi connectivity index (χ3v) is 2.85. The molecular weight excluding hydrogens is 220 g/mol. The Balaban J connectivity index is 2.40. The van der Waals surface area contributed by atoms with E-state index in [0.29, 0.717) is 5.56 Å². The van der Waals surface area contributed by atoms with Crippen molar-refractivity contribution in [1.29, 1.82) is 0 Å². The Morgan fingerprint density at radius 3 is 2.69 bits per heavy atom. The molecule has 0 unspecified atom stereocenters. The normalized spacial score (nSPS) is 10.3. The van der Waals surface area contributed by atoms with E-state index in [-0.39, 0.29) is 0 Å². The highest BCUT2D eigenvalue weighted by atomic mass is 32.2. The number of benzene rings is 1. The summed E-state index contributed by atoms with van der Waals surface area (Å²) in [6.07, 6.45) is 2.83. The Labute approximate surface area is 98.7 Å². The molecule has 1 heterocycles. The predicted molar refractivity (Wildman–Crippen MR) is 66.8 cm³/mol. The Kier molecular flexibility index (Phi) is 3.47. The van der Waals surface area contributed by atoms with Crippen LogP contribution in [-0.4, -0.2) is 12.5 Å². The minimum atomic E-state index is 0.646. The number of thioether (sulfide) groups is 1. The second-order valence-electron chi connectivity index (χ2n) is 3.41. The molecule has 2 nitrogen and oxygen atoms in total. The van der Waals surface area contributed by atoms with Crippen molar-refractivity contribution >= 4 is 18.0 Å². The van der Waals surface area contributed by atoms with E-state index >= 15 is 0 Å². The lowest BCUT2D eigenvalue weighted by Gasteiger charge is -1.95. The number of aldehydes is 1. The first-order valence-corrected chi connectivity index (χ1v) is 6.36. The van der Waals surface area contributed by atoms with Crippen molar-refractivity contribution < 1.29 is 9.21 Å². The van der Waals surface area contributed by atoms with Crippen molar-refractivity contribution in [2.45, 2.75) is 5.75 Å². The number of hydrogen-bond donors (Lipinski definition) is 0. The van der Waals surface area contributed by atoms with Crippen LogP contribution in [0.4, 0.5) is 0 Å². The van der Waals surface area contributed by atoms with E-state index in [2.05, 4.69) is 0 Å². The van der Waals surface area contributed by atoms with Crippen molar-refractivity contribution in [2.75, 3.05) is 6.26 Å². The van der Waals surface area contributed by atoms with E-state index in [1.54, 1.807) is 17.8 Å². The summed E-state index contributed by atoms with van der Waals surface area (Å²) in [5.74, 6) is 2.23. The maximum absolute atomic E-state index is 10.9. The maximum atomic E-state index is 10.9. The third kappa shape index (κ3) is 2.19. The van der Waals surface area contributed by atoms with Gasteiger partial charge in [-0.1, -0.05) is 30.3 Å². The predicted octanol–water partition coefficient (Wildman–Crippen LogP) is 3.62. The molecule has 82 valence electrons. The first-order chi connectivity index (χ1) is 7.85. The van der Waals surface area contributed by atoms with Crippen LogP contribution in [0, 0.1) is 0 Å². The highest BCUT2D eigenvalue weighted by molar-refractivity contribution is 7.97. The van der Waals surface area contributed by atoms with Crippen molar-refractivity contribution in [1.82, 2.24) is 0 Å². The lowest BCUT2D eigenvalue weighted by molar-refractivity contribution is 0.112. The van der Waals surface area contributed by atoms with Gasteiger partial charge in [0, 0.05) is 5.56 Å². The van der Waals surface area contributed by atoms with Gasteiger partial charge in [-0.05, 0) is 12.3 Å². The lowest BCUT2D eigenvalue weighted by atomic mass is 10.1. The van der Waals surface area contributed by atoms with Gasteiger partial charge >= 0.3 is 0 Å². The Morgan fingerprint density at radius 2 is 2.06 bits per heavy atom. The molecular formula is C13H12O2S. The van der Waals surface area contributed by atoms with Crippen LogP contribution >= 0.6 is 11.8 Å². The summed E-state index contributed by atoms with van der Waals surface area (Å²) in [5, 5.41) is 0. The average molecular weight is 232 g/mol. The average Bonchev–Trinajstić information content (AvgIpc) is 2.74. The summed E-state index contributed by atoms with van der Waals surface area (Å²) in [7, 11) is 0. The quantitative estimate of drug-likeness (QED) is 0.754. The van der Waals surface area contributed by atoms with Gasteiger partial charge in [0.1, 0.15) is 11.5 Å². The van der Waals surface area contributed by atoms with Gasteiger partial charge < -0.3 is 4.42 Å². The first-order valence-electron chi connectivity index (χ1n) is 4.97. The topological polar surface area (TPSA) is 30.2 Å². The SMILES string of the molecule is CSCc1oc(-c2ccccc2)cc1C=O. The molecule has 0 bridgehead atoms. The van der Waals surface area contributed by atoms with Crippen LogP contribution in [0.3, 0.4) is 0 Å². The molecule has 2 rings (SSSR count). The molecule has 0 fully saturated rings. The zero-order valence-electron chi connectivity index (χ0n) is 8.97. The van der Waals surface area contributed by atoms with Gasteiger partial charge in [0.25, 0.3) is 0 Å². The van der Waals surface area contributed by atoms with Gasteiger partial charge in [-0.3, -0.25) is 4.79 Å². The van der Waals surface area contributed by atoms with Crippen LogP contribution < -0.4 is 0 Å². The molecule has 16 heavy (non-hydrogen) atoms. The standard InChI is InChI=1S/C13H12O2S/c1-16-9-13-11(8-14)7-12(15-13)10-5-3-2-4-6-10/h2-8H,9H2,1H3. The van der Waals surface area contributed by atoms with E-state index in [1.165, 1.54) is 0 Å². The number of carbonyl (C=O) groups is 1. The monoisotopic (exact) mass is 232 g/mol. The molecule has 1 aromatic heterocycles. The number of rotatable bonds is 4. The van der Waals surface area contributed by atoms with Gasteiger partial charge in [-0.15, -0.1) is 0 Å². The molecule has 2 aromatic rings. The van der Waals surface area contributed by atoms with Crippen LogP contribution in [0.25, 0.3) is 11.3 Å². The minimum absolute atomic E-state index is 0.646. The first kappa shape index (κ1) is 11.0. The second-order valence-corrected chi connectivity index (χ2v) is 4.27. The third-order valence-electron chi connectivity index (χ3n) is 2.30. The molecule has 0 N–H and O–H groups in total. The van der Waals surface area contributed by atoms with E-state index in [9.17, 15) is 4.79 Å². The highest BCUT2D eigenvalue weighted by Crippen LogP contribution is 2.26. The van der Waals surface area contributed by atoms with E-state index < -0.39 is 0 Å². The summed E-state index contributed by atoms with van der Waals surface area (Å²) in [6.45, 7) is 0. The van der Waals surface area contributed by atoms with E-state index in [1.807, 2.05) is 36.6 Å². The summed E-state index contributed by atoms with van der Waals surface area (Å²) in [6, 6.07) is 11.6.